The maximum absolute atomic E-state index is 13.1. The average molecular weight is 649 g/mol. The molecule has 0 bridgehead atoms. The molecule has 1 fully saturated rings. The summed E-state index contributed by atoms with van der Waals surface area (Å²) >= 11 is 7.80. The van der Waals surface area contributed by atoms with Crippen molar-refractivity contribution in [2.24, 2.45) is 11.3 Å². The lowest BCUT2D eigenvalue weighted by Gasteiger charge is -2.40. The number of carbonyl (C=O) groups excluding carboxylic acids is 2. The first kappa shape index (κ1) is 33.2. The molecule has 1 aliphatic heterocycles. The molecule has 45 heavy (non-hydrogen) atoms. The van der Waals surface area contributed by atoms with Gasteiger partial charge >= 0.3 is 0 Å². The van der Waals surface area contributed by atoms with Crippen LogP contribution < -0.4 is 0 Å². The van der Waals surface area contributed by atoms with Gasteiger partial charge in [0.2, 0.25) is 17.0 Å². The number of halogens is 1. The normalized spacial score (nSPS) is 16.5. The molecule has 8 nitrogen and oxygen atoms in total. The molecule has 1 saturated heterocycles. The van der Waals surface area contributed by atoms with E-state index in [1.54, 1.807) is 0 Å². The highest BCUT2D eigenvalue weighted by Gasteiger charge is 2.30. The number of aryl methyl sites for hydroxylation is 1. The van der Waals surface area contributed by atoms with Gasteiger partial charge in [-0.25, -0.2) is 4.98 Å². The zero-order valence-electron chi connectivity index (χ0n) is 27.3. The number of carbonyl (C=O) groups is 2. The van der Waals surface area contributed by atoms with Gasteiger partial charge in [0.1, 0.15) is 5.52 Å². The Morgan fingerprint density at radius 2 is 1.89 bits per heavy atom. The second-order valence-electron chi connectivity index (χ2n) is 13.8. The number of fused-ring (bicyclic) bond motifs is 3. The quantitative estimate of drug-likeness (QED) is 0.132. The largest absolute Gasteiger partial charge is 0.339 e. The highest BCUT2D eigenvalue weighted by molar-refractivity contribution is 7.99. The average Bonchev–Trinajstić information content (AvgIpc) is 3.25. The van der Waals surface area contributed by atoms with E-state index < -0.39 is 0 Å². The van der Waals surface area contributed by atoms with Gasteiger partial charge in [-0.15, -0.1) is 10.2 Å². The van der Waals surface area contributed by atoms with E-state index in [0.29, 0.717) is 67.3 Å². The molecule has 0 aliphatic carbocycles. The molecule has 10 heteroatoms. The lowest BCUT2D eigenvalue weighted by Crippen LogP contribution is -2.55. The Bertz CT molecular complexity index is 1680. The second kappa shape index (κ2) is 14.1. The zero-order chi connectivity index (χ0) is 32.3. The van der Waals surface area contributed by atoms with E-state index in [1.165, 1.54) is 11.8 Å². The summed E-state index contributed by atoms with van der Waals surface area (Å²) in [4.78, 5) is 34.9. The summed E-state index contributed by atoms with van der Waals surface area (Å²) in [5.41, 5.74) is 5.08. The van der Waals surface area contributed by atoms with Crippen molar-refractivity contribution < 1.29 is 9.59 Å². The van der Waals surface area contributed by atoms with Gasteiger partial charge < -0.3 is 14.4 Å². The molecule has 240 valence electrons. The molecule has 5 rings (SSSR count). The van der Waals surface area contributed by atoms with Crippen LogP contribution in [0.4, 0.5) is 0 Å². The van der Waals surface area contributed by atoms with Crippen LogP contribution in [0, 0.1) is 18.3 Å². The van der Waals surface area contributed by atoms with E-state index in [2.05, 4.69) is 80.6 Å². The number of thioether (sulfide) groups is 1. The van der Waals surface area contributed by atoms with E-state index in [1.807, 2.05) is 28.0 Å². The highest BCUT2D eigenvalue weighted by Crippen LogP contribution is 2.30. The van der Waals surface area contributed by atoms with E-state index in [-0.39, 0.29) is 23.3 Å². The van der Waals surface area contributed by atoms with Gasteiger partial charge in [0, 0.05) is 61.2 Å². The SMILES string of the molecule is Cc1ccc2c(c1)c1nnc(SCCCC(=O)N3CCN(C(=O)CC(C)CC(C)(C)C)C(C)C3)nc1n2Cc1cccc(Cl)c1. The predicted octanol–water partition coefficient (Wildman–Crippen LogP) is 7.38. The smallest absolute Gasteiger partial charge is 0.223 e. The minimum absolute atomic E-state index is 0.0278. The van der Waals surface area contributed by atoms with Crippen LogP contribution in [-0.2, 0) is 16.1 Å². The number of nitrogens with zero attached hydrogens (tertiary/aromatic N) is 6. The third kappa shape index (κ3) is 8.36. The number of aromatic nitrogens is 4. The fourth-order valence-corrected chi connectivity index (χ4v) is 7.46. The van der Waals surface area contributed by atoms with Gasteiger partial charge in [0.15, 0.2) is 5.65 Å². The van der Waals surface area contributed by atoms with Crippen LogP contribution in [0.5, 0.6) is 0 Å². The number of hydrogen-bond donors (Lipinski definition) is 0. The maximum atomic E-state index is 13.1. The summed E-state index contributed by atoms with van der Waals surface area (Å²) in [5, 5.41) is 11.4. The molecule has 2 unspecified atom stereocenters. The first-order chi connectivity index (χ1) is 21.4. The van der Waals surface area contributed by atoms with Crippen molar-refractivity contribution in [1.82, 2.24) is 29.5 Å². The molecule has 2 atom stereocenters. The molecule has 2 aromatic carbocycles. The van der Waals surface area contributed by atoms with E-state index in [0.717, 1.165) is 39.6 Å². The van der Waals surface area contributed by atoms with Gasteiger partial charge in [0.25, 0.3) is 0 Å². The Hall–Kier alpha value is -3.17. The number of benzene rings is 2. The van der Waals surface area contributed by atoms with Crippen molar-refractivity contribution in [3.05, 3.63) is 58.6 Å². The molecular weight excluding hydrogens is 604 g/mol. The van der Waals surface area contributed by atoms with E-state index in [4.69, 9.17) is 16.6 Å². The van der Waals surface area contributed by atoms with Gasteiger partial charge in [-0.2, -0.15) is 0 Å². The van der Waals surface area contributed by atoms with Crippen molar-refractivity contribution in [2.45, 2.75) is 85.0 Å². The van der Waals surface area contributed by atoms with Gasteiger partial charge in [-0.3, -0.25) is 9.59 Å². The van der Waals surface area contributed by atoms with E-state index >= 15 is 0 Å². The summed E-state index contributed by atoms with van der Waals surface area (Å²) in [6, 6.07) is 14.2. The lowest BCUT2D eigenvalue weighted by molar-refractivity contribution is -0.143. The van der Waals surface area contributed by atoms with E-state index in [9.17, 15) is 9.59 Å². The summed E-state index contributed by atoms with van der Waals surface area (Å²) in [5.74, 6) is 1.40. The Morgan fingerprint density at radius 3 is 2.62 bits per heavy atom. The van der Waals surface area contributed by atoms with Crippen molar-refractivity contribution in [1.29, 1.82) is 0 Å². The second-order valence-corrected chi connectivity index (χ2v) is 15.3. The van der Waals surface area contributed by atoms with Crippen LogP contribution in [-0.4, -0.2) is 72.8 Å². The molecule has 2 amide bonds. The Kier molecular flexibility index (Phi) is 10.4. The number of amides is 2. The first-order valence-electron chi connectivity index (χ1n) is 16.0. The third-order valence-electron chi connectivity index (χ3n) is 8.38. The van der Waals surface area contributed by atoms with Crippen LogP contribution in [0.3, 0.4) is 0 Å². The monoisotopic (exact) mass is 648 g/mol. The van der Waals surface area contributed by atoms with Crippen LogP contribution in [0.1, 0.15) is 71.4 Å². The number of piperazine rings is 1. The first-order valence-corrected chi connectivity index (χ1v) is 17.3. The molecule has 0 radical (unpaired) electrons. The van der Waals surface area contributed by atoms with Crippen molar-refractivity contribution >= 4 is 57.2 Å². The predicted molar refractivity (Wildman–Crippen MR) is 184 cm³/mol. The Labute approximate surface area is 275 Å². The Balaban J connectivity index is 1.17. The van der Waals surface area contributed by atoms with Crippen molar-refractivity contribution in [3.63, 3.8) is 0 Å². The number of hydrogen-bond acceptors (Lipinski definition) is 6. The molecule has 1 aliphatic rings. The maximum Gasteiger partial charge on any atom is 0.223 e. The van der Waals surface area contributed by atoms with Gasteiger partial charge in [0.05, 0.1) is 5.52 Å². The molecule has 2 aromatic heterocycles. The fraction of sp³-hybridized carbons (Fsp3) is 0.514. The molecule has 4 aromatic rings. The summed E-state index contributed by atoms with van der Waals surface area (Å²) in [6.07, 6.45) is 2.76. The van der Waals surface area contributed by atoms with Gasteiger partial charge in [-0.05, 0) is 67.9 Å². The highest BCUT2D eigenvalue weighted by atomic mass is 35.5. The minimum atomic E-state index is 0.0278. The number of rotatable bonds is 10. The van der Waals surface area contributed by atoms with Crippen LogP contribution >= 0.6 is 23.4 Å². The standard InChI is InChI=1S/C35H45ClN6O2S/c1-23-12-13-29-28(17-23)32-33(42(29)22-26-9-7-10-27(36)19-26)37-34(39-38-32)45-16-8-11-30(43)40-14-15-41(25(3)21-40)31(44)18-24(2)20-35(4,5)6/h7,9-10,12-13,17,19,24-25H,8,11,14-16,18,20-22H2,1-6H3. The topological polar surface area (TPSA) is 84.2 Å². The van der Waals surface area contributed by atoms with Crippen LogP contribution in [0.2, 0.25) is 5.02 Å². The molecule has 3 heterocycles. The summed E-state index contributed by atoms with van der Waals surface area (Å²) in [6.45, 7) is 15.3. The van der Waals surface area contributed by atoms with Crippen LogP contribution in [0.15, 0.2) is 47.6 Å². The van der Waals surface area contributed by atoms with Crippen molar-refractivity contribution in [3.8, 4) is 0 Å². The molecular formula is C35H45ClN6O2S. The third-order valence-corrected chi connectivity index (χ3v) is 9.54. The van der Waals surface area contributed by atoms with Gasteiger partial charge in [-0.1, -0.05) is 74.8 Å². The molecule has 0 saturated carbocycles. The van der Waals surface area contributed by atoms with Crippen LogP contribution in [0.25, 0.3) is 22.1 Å². The minimum Gasteiger partial charge on any atom is -0.339 e. The molecule has 0 N–H and O–H groups in total. The molecule has 0 spiro atoms. The lowest BCUT2D eigenvalue weighted by atomic mass is 9.84. The Morgan fingerprint density at radius 1 is 1.09 bits per heavy atom. The zero-order valence-corrected chi connectivity index (χ0v) is 28.9. The summed E-state index contributed by atoms with van der Waals surface area (Å²) in [7, 11) is 0. The van der Waals surface area contributed by atoms with Crippen molar-refractivity contribution in [2.75, 3.05) is 25.4 Å². The summed E-state index contributed by atoms with van der Waals surface area (Å²) < 4.78 is 2.18. The fourth-order valence-electron chi connectivity index (χ4n) is 6.53.